The zero-order valence-corrected chi connectivity index (χ0v) is 12.6. The average molecular weight is 366 g/mol. The Labute approximate surface area is 116 Å². The molecule has 4 nitrogen and oxygen atoms in total. The van der Waals surface area contributed by atoms with E-state index in [1.807, 2.05) is 0 Å². The van der Waals surface area contributed by atoms with Crippen LogP contribution in [0.4, 0.5) is 0 Å². The van der Waals surface area contributed by atoms with Crippen LogP contribution in [0.15, 0.2) is 15.0 Å². The van der Waals surface area contributed by atoms with E-state index in [9.17, 15) is 9.59 Å². The molecule has 0 N–H and O–H groups in total. The first kappa shape index (κ1) is 14.2. The molecule has 1 aromatic rings. The second-order valence-corrected chi connectivity index (χ2v) is 4.85. The Kier molecular flexibility index (Phi) is 4.70. The minimum absolute atomic E-state index is 0.173. The van der Waals surface area contributed by atoms with Gasteiger partial charge in [-0.05, 0) is 50.4 Å². The Morgan fingerprint density at radius 2 is 1.65 bits per heavy atom. The summed E-state index contributed by atoms with van der Waals surface area (Å²) in [5.41, 5.74) is 0.993. The zero-order valence-electron chi connectivity index (χ0n) is 9.47. The van der Waals surface area contributed by atoms with Crippen LogP contribution >= 0.6 is 31.9 Å². The van der Waals surface area contributed by atoms with Crippen LogP contribution in [-0.4, -0.2) is 26.2 Å². The van der Waals surface area contributed by atoms with Gasteiger partial charge in [0.2, 0.25) is 0 Å². The van der Waals surface area contributed by atoms with Gasteiger partial charge >= 0.3 is 11.9 Å². The van der Waals surface area contributed by atoms with E-state index in [1.54, 1.807) is 6.92 Å². The molecule has 0 saturated carbocycles. The maximum absolute atomic E-state index is 11.7. The number of methoxy groups -OCH3 is 2. The Hall–Kier alpha value is -0.880. The highest BCUT2D eigenvalue weighted by Crippen LogP contribution is 2.32. The fraction of sp³-hybridized carbons (Fsp3) is 0.273. The lowest BCUT2D eigenvalue weighted by molar-refractivity contribution is 0.0554. The molecular formula is C11H10Br2O4. The molecular weight excluding hydrogens is 356 g/mol. The second kappa shape index (κ2) is 5.64. The molecule has 0 saturated heterocycles. The van der Waals surface area contributed by atoms with Gasteiger partial charge in [0, 0.05) is 8.95 Å². The van der Waals surface area contributed by atoms with Crippen LogP contribution in [0.25, 0.3) is 0 Å². The SMILES string of the molecule is COC(=O)c1cc(Br)c(Br)c(C)c1C(=O)OC. The topological polar surface area (TPSA) is 52.6 Å². The summed E-state index contributed by atoms with van der Waals surface area (Å²) in [6.45, 7) is 1.72. The maximum Gasteiger partial charge on any atom is 0.339 e. The largest absolute Gasteiger partial charge is 0.465 e. The molecule has 17 heavy (non-hydrogen) atoms. The quantitative estimate of drug-likeness (QED) is 0.755. The molecule has 92 valence electrons. The Bertz CT molecular complexity index is 483. The van der Waals surface area contributed by atoms with Crippen LogP contribution < -0.4 is 0 Å². The third-order valence-electron chi connectivity index (χ3n) is 2.25. The number of rotatable bonds is 2. The molecule has 0 radical (unpaired) electrons. The fourth-order valence-corrected chi connectivity index (χ4v) is 2.23. The van der Waals surface area contributed by atoms with Crippen molar-refractivity contribution in [2.24, 2.45) is 0 Å². The minimum Gasteiger partial charge on any atom is -0.465 e. The van der Waals surface area contributed by atoms with Gasteiger partial charge in [-0.25, -0.2) is 9.59 Å². The number of hydrogen-bond acceptors (Lipinski definition) is 4. The van der Waals surface area contributed by atoms with Crippen molar-refractivity contribution in [2.75, 3.05) is 14.2 Å². The first-order valence-corrected chi connectivity index (χ1v) is 6.17. The lowest BCUT2D eigenvalue weighted by Gasteiger charge is -2.12. The first-order chi connectivity index (χ1) is 7.93. The zero-order chi connectivity index (χ0) is 13.2. The van der Waals surface area contributed by atoms with Gasteiger partial charge in [0.15, 0.2) is 0 Å². The lowest BCUT2D eigenvalue weighted by atomic mass is 10.0. The molecule has 0 spiro atoms. The summed E-state index contributed by atoms with van der Waals surface area (Å²) >= 11 is 6.62. The summed E-state index contributed by atoms with van der Waals surface area (Å²) < 4.78 is 10.7. The summed E-state index contributed by atoms with van der Waals surface area (Å²) in [5.74, 6) is -1.15. The Morgan fingerprint density at radius 1 is 1.12 bits per heavy atom. The smallest absolute Gasteiger partial charge is 0.339 e. The number of benzene rings is 1. The highest BCUT2D eigenvalue weighted by molar-refractivity contribution is 9.13. The van der Waals surface area contributed by atoms with Crippen LogP contribution in [0.5, 0.6) is 0 Å². The highest BCUT2D eigenvalue weighted by Gasteiger charge is 2.23. The first-order valence-electron chi connectivity index (χ1n) is 4.59. The van der Waals surface area contributed by atoms with Crippen LogP contribution in [0, 0.1) is 6.92 Å². The third-order valence-corrected chi connectivity index (χ3v) is 4.43. The van der Waals surface area contributed by atoms with Gasteiger partial charge in [0.1, 0.15) is 0 Å². The van der Waals surface area contributed by atoms with Gasteiger partial charge in [-0.2, -0.15) is 0 Å². The van der Waals surface area contributed by atoms with Crippen molar-refractivity contribution in [1.29, 1.82) is 0 Å². The van der Waals surface area contributed by atoms with Crippen molar-refractivity contribution in [3.63, 3.8) is 0 Å². The normalized spacial score (nSPS) is 9.94. The van der Waals surface area contributed by atoms with E-state index >= 15 is 0 Å². The summed E-state index contributed by atoms with van der Waals surface area (Å²) in [7, 11) is 2.52. The highest BCUT2D eigenvalue weighted by atomic mass is 79.9. The minimum atomic E-state index is -0.582. The molecule has 0 atom stereocenters. The van der Waals surface area contributed by atoms with Crippen LogP contribution in [0.3, 0.4) is 0 Å². The van der Waals surface area contributed by atoms with Gasteiger partial charge in [-0.1, -0.05) is 0 Å². The molecule has 0 aliphatic rings. The molecule has 1 rings (SSSR count). The van der Waals surface area contributed by atoms with Crippen LogP contribution in [-0.2, 0) is 9.47 Å². The molecule has 0 heterocycles. The summed E-state index contributed by atoms with van der Waals surface area (Å²) in [5, 5.41) is 0. The van der Waals surface area contributed by atoms with Gasteiger partial charge in [-0.15, -0.1) is 0 Å². The maximum atomic E-state index is 11.7. The van der Waals surface area contributed by atoms with E-state index in [2.05, 4.69) is 41.3 Å². The molecule has 0 aliphatic carbocycles. The second-order valence-electron chi connectivity index (χ2n) is 3.20. The predicted molar refractivity (Wildman–Crippen MR) is 69.3 cm³/mol. The fourth-order valence-electron chi connectivity index (χ4n) is 1.39. The van der Waals surface area contributed by atoms with Gasteiger partial charge in [-0.3, -0.25) is 0 Å². The van der Waals surface area contributed by atoms with Crippen LogP contribution in [0.2, 0.25) is 0 Å². The molecule has 0 unspecified atom stereocenters. The molecule has 1 aromatic carbocycles. The van der Waals surface area contributed by atoms with Crippen LogP contribution in [0.1, 0.15) is 26.3 Å². The van der Waals surface area contributed by atoms with E-state index < -0.39 is 11.9 Å². The van der Waals surface area contributed by atoms with Crippen molar-refractivity contribution in [3.8, 4) is 0 Å². The number of ether oxygens (including phenoxy) is 2. The van der Waals surface area contributed by atoms with E-state index in [4.69, 9.17) is 0 Å². The average Bonchev–Trinajstić information content (AvgIpc) is 2.33. The van der Waals surface area contributed by atoms with Crippen molar-refractivity contribution >= 4 is 43.8 Å². The van der Waals surface area contributed by atoms with Crippen molar-refractivity contribution in [1.82, 2.24) is 0 Å². The van der Waals surface area contributed by atoms with Crippen molar-refractivity contribution < 1.29 is 19.1 Å². The van der Waals surface area contributed by atoms with Gasteiger partial charge in [0.05, 0.1) is 25.3 Å². The number of esters is 2. The van der Waals surface area contributed by atoms with E-state index in [0.717, 1.165) is 0 Å². The van der Waals surface area contributed by atoms with E-state index in [1.165, 1.54) is 20.3 Å². The number of halogens is 2. The van der Waals surface area contributed by atoms with Gasteiger partial charge in [0.25, 0.3) is 0 Å². The molecule has 0 aliphatic heterocycles. The Morgan fingerprint density at radius 3 is 2.12 bits per heavy atom. The van der Waals surface area contributed by atoms with E-state index in [-0.39, 0.29) is 11.1 Å². The predicted octanol–water partition coefficient (Wildman–Crippen LogP) is 3.09. The lowest BCUT2D eigenvalue weighted by Crippen LogP contribution is -2.14. The molecule has 0 aromatic heterocycles. The summed E-state index contributed by atoms with van der Waals surface area (Å²) in [6, 6.07) is 1.52. The van der Waals surface area contributed by atoms with Crippen molar-refractivity contribution in [3.05, 3.63) is 31.7 Å². The van der Waals surface area contributed by atoms with E-state index in [0.29, 0.717) is 14.5 Å². The third kappa shape index (κ3) is 2.69. The molecule has 0 fully saturated rings. The molecule has 0 bridgehead atoms. The number of carbonyl (C=O) groups is 2. The number of carbonyl (C=O) groups excluding carboxylic acids is 2. The van der Waals surface area contributed by atoms with Crippen molar-refractivity contribution in [2.45, 2.75) is 6.92 Å². The van der Waals surface area contributed by atoms with Gasteiger partial charge < -0.3 is 9.47 Å². The Balaban J connectivity index is 3.57. The summed E-state index contributed by atoms with van der Waals surface area (Å²) in [4.78, 5) is 23.3. The summed E-state index contributed by atoms with van der Waals surface area (Å²) in [6.07, 6.45) is 0. The monoisotopic (exact) mass is 364 g/mol. The number of hydrogen-bond donors (Lipinski definition) is 0. The molecule has 0 amide bonds. The standard InChI is InChI=1S/C11H10Br2O4/c1-5-8(11(15)17-3)6(10(14)16-2)4-7(12)9(5)13/h4H,1-3H3. The molecule has 6 heteroatoms.